The Morgan fingerprint density at radius 2 is 2.24 bits per heavy atom. The molecule has 0 aliphatic heterocycles. The van der Waals surface area contributed by atoms with Crippen LogP contribution < -0.4 is 0 Å². The molecule has 0 spiro atoms. The lowest BCUT2D eigenvalue weighted by Crippen LogP contribution is -2.28. The van der Waals surface area contributed by atoms with E-state index >= 15 is 0 Å². The van der Waals surface area contributed by atoms with Crippen molar-refractivity contribution in [1.29, 1.82) is 0 Å². The van der Waals surface area contributed by atoms with Crippen molar-refractivity contribution >= 4 is 17.3 Å². The summed E-state index contributed by atoms with van der Waals surface area (Å²) in [5.41, 5.74) is 1.16. The van der Waals surface area contributed by atoms with Gasteiger partial charge in [0.05, 0.1) is 18.6 Å². The zero-order valence-electron chi connectivity index (χ0n) is 9.13. The first-order valence-corrected chi connectivity index (χ1v) is 6.05. The highest BCUT2D eigenvalue weighted by Gasteiger charge is 2.42. The van der Waals surface area contributed by atoms with Crippen LogP contribution >= 0.6 is 11.3 Å². The third-order valence-electron chi connectivity index (χ3n) is 3.02. The molecule has 0 aromatic carbocycles. The number of esters is 1. The molecule has 1 aromatic rings. The van der Waals surface area contributed by atoms with Crippen molar-refractivity contribution in [3.8, 4) is 0 Å². The number of carbonyl (C=O) groups excluding carboxylic acids is 1. The number of ether oxygens (including phenoxy) is 1. The number of alkyl halides is 3. The van der Waals surface area contributed by atoms with Gasteiger partial charge in [-0.3, -0.25) is 0 Å². The Morgan fingerprint density at radius 1 is 1.53 bits per heavy atom. The summed E-state index contributed by atoms with van der Waals surface area (Å²) in [5, 5.41) is 1.59. The second kappa shape index (κ2) is 4.33. The van der Waals surface area contributed by atoms with Crippen molar-refractivity contribution in [3.05, 3.63) is 21.4 Å². The fourth-order valence-corrected chi connectivity index (χ4v) is 3.22. The summed E-state index contributed by atoms with van der Waals surface area (Å²) in [4.78, 5) is 12.1. The van der Waals surface area contributed by atoms with Crippen molar-refractivity contribution in [3.63, 3.8) is 0 Å². The van der Waals surface area contributed by atoms with Crippen LogP contribution in [0.4, 0.5) is 13.2 Å². The van der Waals surface area contributed by atoms with E-state index in [1.165, 1.54) is 18.4 Å². The summed E-state index contributed by atoms with van der Waals surface area (Å²) >= 11 is 1.21. The average Bonchev–Trinajstić information content (AvgIpc) is 2.69. The second-order valence-corrected chi connectivity index (χ2v) is 4.99. The smallest absolute Gasteiger partial charge is 0.392 e. The Balaban J connectivity index is 2.24. The van der Waals surface area contributed by atoms with Crippen molar-refractivity contribution < 1.29 is 22.7 Å². The molecule has 0 saturated heterocycles. The largest absolute Gasteiger partial charge is 0.465 e. The van der Waals surface area contributed by atoms with Gasteiger partial charge >= 0.3 is 12.1 Å². The highest BCUT2D eigenvalue weighted by atomic mass is 32.1. The first-order chi connectivity index (χ1) is 7.93. The third kappa shape index (κ3) is 2.31. The molecule has 17 heavy (non-hydrogen) atoms. The molecule has 0 bridgehead atoms. The Hall–Kier alpha value is -1.04. The van der Waals surface area contributed by atoms with Gasteiger partial charge in [0.2, 0.25) is 0 Å². The van der Waals surface area contributed by atoms with Gasteiger partial charge in [0, 0.05) is 10.3 Å². The fourth-order valence-electron chi connectivity index (χ4n) is 2.07. The lowest BCUT2D eigenvalue weighted by Gasteiger charge is -2.24. The maximum Gasteiger partial charge on any atom is 0.392 e. The number of halogens is 3. The van der Waals surface area contributed by atoms with E-state index in [4.69, 9.17) is 0 Å². The molecule has 0 radical (unpaired) electrons. The number of thiophene rings is 1. The van der Waals surface area contributed by atoms with Crippen LogP contribution in [-0.4, -0.2) is 19.3 Å². The summed E-state index contributed by atoms with van der Waals surface area (Å²) in [6, 6.07) is 0. The average molecular weight is 264 g/mol. The summed E-state index contributed by atoms with van der Waals surface area (Å²) in [6.45, 7) is 0. The Labute approximate surface area is 100 Å². The fraction of sp³-hybridized carbons (Fsp3) is 0.545. The van der Waals surface area contributed by atoms with Crippen molar-refractivity contribution in [1.82, 2.24) is 0 Å². The summed E-state index contributed by atoms with van der Waals surface area (Å²) < 4.78 is 42.3. The summed E-state index contributed by atoms with van der Waals surface area (Å²) in [6.07, 6.45) is -3.81. The van der Waals surface area contributed by atoms with Gasteiger partial charge in [0.25, 0.3) is 0 Å². The van der Waals surface area contributed by atoms with Crippen LogP contribution in [0.3, 0.4) is 0 Å². The van der Waals surface area contributed by atoms with E-state index in [0.29, 0.717) is 16.9 Å². The molecular formula is C11H11F3O2S. The van der Waals surface area contributed by atoms with Gasteiger partial charge in [-0.1, -0.05) is 0 Å². The van der Waals surface area contributed by atoms with Gasteiger partial charge in [-0.25, -0.2) is 4.79 Å². The minimum Gasteiger partial charge on any atom is -0.465 e. The number of carbonyl (C=O) groups is 1. The number of hydrogen-bond donors (Lipinski definition) is 0. The quantitative estimate of drug-likeness (QED) is 0.728. The predicted molar refractivity (Wildman–Crippen MR) is 57.2 cm³/mol. The maximum absolute atomic E-state index is 12.6. The van der Waals surface area contributed by atoms with Crippen LogP contribution in [0, 0.1) is 5.92 Å². The van der Waals surface area contributed by atoms with Crippen LogP contribution in [0.15, 0.2) is 5.38 Å². The molecule has 2 rings (SSSR count). The van der Waals surface area contributed by atoms with Gasteiger partial charge in [0.15, 0.2) is 0 Å². The summed E-state index contributed by atoms with van der Waals surface area (Å²) in [5.74, 6) is -1.74. The standard InChI is InChI=1S/C11H11F3O2S/c1-16-10(15)8-5-17-9-4-6(11(12,13)14)2-3-7(8)9/h5-6H,2-4H2,1H3. The highest BCUT2D eigenvalue weighted by molar-refractivity contribution is 7.10. The number of rotatable bonds is 1. The van der Waals surface area contributed by atoms with E-state index in [9.17, 15) is 18.0 Å². The molecule has 0 saturated carbocycles. The third-order valence-corrected chi connectivity index (χ3v) is 4.07. The summed E-state index contributed by atoms with van der Waals surface area (Å²) in [7, 11) is 1.27. The molecule has 1 heterocycles. The second-order valence-electron chi connectivity index (χ2n) is 4.02. The molecule has 0 N–H and O–H groups in total. The zero-order valence-corrected chi connectivity index (χ0v) is 9.95. The molecule has 1 unspecified atom stereocenters. The van der Waals surface area contributed by atoms with Crippen LogP contribution in [-0.2, 0) is 17.6 Å². The van der Waals surface area contributed by atoms with Gasteiger partial charge in [-0.05, 0) is 24.8 Å². The highest BCUT2D eigenvalue weighted by Crippen LogP contribution is 2.40. The molecule has 0 fully saturated rings. The minimum absolute atomic E-state index is 0.0134. The van der Waals surface area contributed by atoms with E-state index in [1.807, 2.05) is 0 Å². The molecule has 1 aromatic heterocycles. The minimum atomic E-state index is -4.15. The molecule has 1 aliphatic carbocycles. The van der Waals surface area contributed by atoms with Gasteiger partial charge in [0.1, 0.15) is 0 Å². The molecule has 94 valence electrons. The van der Waals surface area contributed by atoms with Crippen molar-refractivity contribution in [2.45, 2.75) is 25.4 Å². The first kappa shape index (κ1) is 12.4. The van der Waals surface area contributed by atoms with E-state index < -0.39 is 18.1 Å². The SMILES string of the molecule is COC(=O)c1csc2c1CCC(C(F)(F)F)C2. The topological polar surface area (TPSA) is 26.3 Å². The van der Waals surface area contributed by atoms with Crippen LogP contribution in [0.2, 0.25) is 0 Å². The van der Waals surface area contributed by atoms with Gasteiger partial charge in [-0.2, -0.15) is 13.2 Å². The number of fused-ring (bicyclic) bond motifs is 1. The van der Waals surface area contributed by atoms with Crippen molar-refractivity contribution in [2.24, 2.45) is 5.92 Å². The number of methoxy groups -OCH3 is 1. The van der Waals surface area contributed by atoms with Crippen LogP contribution in [0.25, 0.3) is 0 Å². The lowest BCUT2D eigenvalue weighted by atomic mass is 9.87. The normalized spacial score (nSPS) is 19.9. The van der Waals surface area contributed by atoms with E-state index in [1.54, 1.807) is 5.38 Å². The van der Waals surface area contributed by atoms with Gasteiger partial charge in [-0.15, -0.1) is 11.3 Å². The molecule has 2 nitrogen and oxygen atoms in total. The Kier molecular flexibility index (Phi) is 3.16. The van der Waals surface area contributed by atoms with Crippen LogP contribution in [0.5, 0.6) is 0 Å². The predicted octanol–water partition coefficient (Wildman–Crippen LogP) is 3.20. The Morgan fingerprint density at radius 3 is 2.82 bits per heavy atom. The van der Waals surface area contributed by atoms with E-state index in [-0.39, 0.29) is 12.8 Å². The monoisotopic (exact) mass is 264 g/mol. The molecular weight excluding hydrogens is 253 g/mol. The lowest BCUT2D eigenvalue weighted by molar-refractivity contribution is -0.176. The number of hydrogen-bond acceptors (Lipinski definition) is 3. The Bertz CT molecular complexity index is 436. The first-order valence-electron chi connectivity index (χ1n) is 5.17. The zero-order chi connectivity index (χ0) is 12.6. The van der Waals surface area contributed by atoms with Gasteiger partial charge < -0.3 is 4.74 Å². The maximum atomic E-state index is 12.6. The molecule has 6 heteroatoms. The molecule has 1 atom stereocenters. The van der Waals surface area contributed by atoms with Crippen molar-refractivity contribution in [2.75, 3.05) is 7.11 Å². The molecule has 0 amide bonds. The van der Waals surface area contributed by atoms with Crippen LogP contribution in [0.1, 0.15) is 27.2 Å². The molecule has 1 aliphatic rings. The van der Waals surface area contributed by atoms with E-state index in [2.05, 4.69) is 4.74 Å². The van der Waals surface area contributed by atoms with E-state index in [0.717, 1.165) is 5.56 Å².